The Hall–Kier alpha value is -6.78. The van der Waals surface area contributed by atoms with Crippen LogP contribution < -0.4 is 9.67 Å². The van der Waals surface area contributed by atoms with E-state index in [2.05, 4.69) is 0 Å². The molecule has 0 amide bonds. The van der Waals surface area contributed by atoms with Crippen molar-refractivity contribution >= 4 is 0 Å². The Morgan fingerprint density at radius 3 is 0.778 bits per heavy atom. The number of benzene rings is 6. The van der Waals surface area contributed by atoms with Gasteiger partial charge in [-0.25, -0.2) is 0 Å². The molecule has 0 fully saturated rings. The molecule has 2 nitrogen and oxygen atoms in total. The summed E-state index contributed by atoms with van der Waals surface area (Å²) in [6, 6.07) is 22.3. The van der Waals surface area contributed by atoms with E-state index in [1.165, 1.54) is 28.8 Å². The summed E-state index contributed by atoms with van der Waals surface area (Å²) in [7, 11) is 0. The van der Waals surface area contributed by atoms with E-state index in [0.717, 1.165) is 72.8 Å². The van der Waals surface area contributed by atoms with Crippen molar-refractivity contribution in [2.45, 2.75) is 30.9 Å². The van der Waals surface area contributed by atoms with Crippen LogP contribution in [0.2, 0.25) is 0 Å². The number of hydrogen-bond acceptors (Lipinski definition) is 1. The molecule has 0 saturated carbocycles. The Bertz CT molecular complexity index is 2610. The summed E-state index contributed by atoms with van der Waals surface area (Å²) in [5.74, 6) is -0.882. The third-order valence-corrected chi connectivity index (χ3v) is 10.0. The molecule has 63 heavy (non-hydrogen) atoms. The quantitative estimate of drug-likeness (QED) is 0.121. The largest absolute Gasteiger partial charge is 0.872 e. The van der Waals surface area contributed by atoms with E-state index >= 15 is 0 Å². The van der Waals surface area contributed by atoms with Gasteiger partial charge < -0.3 is 5.11 Å². The zero-order valence-corrected chi connectivity index (χ0v) is 31.4. The maximum atomic E-state index is 14.3. The van der Waals surface area contributed by atoms with Gasteiger partial charge in [0.15, 0.2) is 0 Å². The van der Waals surface area contributed by atoms with Crippen LogP contribution in [0.4, 0.5) is 65.9 Å². The van der Waals surface area contributed by atoms with Crippen LogP contribution in [-0.4, -0.2) is 0 Å². The lowest BCUT2D eigenvalue weighted by molar-refractivity contribution is -0.572. The van der Waals surface area contributed by atoms with E-state index in [9.17, 15) is 71.0 Å². The molecule has 7 rings (SSSR count). The molecule has 0 spiro atoms. The Kier molecular flexibility index (Phi) is 11.1. The first-order chi connectivity index (χ1) is 29.3. The molecule has 0 unspecified atom stereocenters. The Morgan fingerprint density at radius 2 is 0.524 bits per heavy atom. The normalized spacial score (nSPS) is 12.7. The van der Waals surface area contributed by atoms with Gasteiger partial charge >= 0.3 is 30.9 Å². The summed E-state index contributed by atoms with van der Waals surface area (Å²) >= 11 is 0. The Morgan fingerprint density at radius 1 is 0.286 bits per heavy atom. The van der Waals surface area contributed by atoms with Gasteiger partial charge in [-0.2, -0.15) is 70.4 Å². The minimum absolute atomic E-state index is 0.0108. The van der Waals surface area contributed by atoms with Crippen LogP contribution in [0, 0.1) is 0 Å². The fraction of sp³-hybridized carbons (Fsp3) is 0.109. The van der Waals surface area contributed by atoms with Gasteiger partial charge in [-0.3, -0.25) is 0 Å². The first kappa shape index (κ1) is 44.3. The number of rotatable bonds is 6. The molecular weight excluding hydrogens is 867 g/mol. The van der Waals surface area contributed by atoms with Gasteiger partial charge in [0.2, 0.25) is 17.1 Å². The fourth-order valence-electron chi connectivity index (χ4n) is 6.83. The van der Waals surface area contributed by atoms with Crippen molar-refractivity contribution in [3.05, 3.63) is 173 Å². The van der Waals surface area contributed by atoms with Crippen LogP contribution >= 0.6 is 0 Å². The molecule has 17 heteroatoms. The van der Waals surface area contributed by atoms with E-state index in [-0.39, 0.29) is 61.6 Å². The lowest BCUT2D eigenvalue weighted by atomic mass is 9.93. The monoisotopic (exact) mass is 891 g/mol. The molecule has 0 radical (unpaired) electrons. The summed E-state index contributed by atoms with van der Waals surface area (Å²) in [6.45, 7) is 0. The van der Waals surface area contributed by atoms with Crippen LogP contribution in [0.5, 0.6) is 5.75 Å². The smallest absolute Gasteiger partial charge is 0.416 e. The van der Waals surface area contributed by atoms with Crippen molar-refractivity contribution in [3.8, 4) is 67.3 Å². The maximum absolute atomic E-state index is 14.3. The predicted octanol–water partition coefficient (Wildman–Crippen LogP) is 14.5. The highest BCUT2D eigenvalue weighted by Crippen LogP contribution is 2.42. The number of pyridine rings is 1. The Labute approximate surface area is 346 Å². The van der Waals surface area contributed by atoms with Gasteiger partial charge in [-0.05, 0) is 118 Å². The van der Waals surface area contributed by atoms with Gasteiger partial charge in [-0.1, -0.05) is 42.1 Å². The molecule has 1 aromatic heterocycles. The molecule has 0 saturated heterocycles. The summed E-state index contributed by atoms with van der Waals surface area (Å²) in [5.41, 5.74) is -6.30. The van der Waals surface area contributed by atoms with E-state index in [4.69, 9.17) is 0 Å². The van der Waals surface area contributed by atoms with Gasteiger partial charge in [0, 0.05) is 35.4 Å². The van der Waals surface area contributed by atoms with Gasteiger partial charge in [0.05, 0.1) is 27.8 Å². The molecule has 1 heterocycles. The van der Waals surface area contributed by atoms with Crippen molar-refractivity contribution in [3.63, 3.8) is 0 Å². The van der Waals surface area contributed by atoms with E-state index in [1.54, 1.807) is 0 Å². The van der Waals surface area contributed by atoms with Crippen molar-refractivity contribution in [1.29, 1.82) is 0 Å². The number of nitrogens with zero attached hydrogens (tertiary/aromatic N) is 1. The van der Waals surface area contributed by atoms with Crippen molar-refractivity contribution < 1.29 is 75.5 Å². The van der Waals surface area contributed by atoms with Crippen molar-refractivity contribution in [1.82, 2.24) is 0 Å². The SMILES string of the molecule is [O-]c1c(-c2ccc(C(F)(F)F)cc2)cc(-[n+]2c(-c3ccc(C(F)(F)F)cc3)cc(-c3ccc(C(F)(F)F)cc3)cc2-c2ccc(C(F)(F)F)cc2)cc1-c1ccc(C(F)(F)F)cc1. The van der Waals surface area contributed by atoms with Crippen LogP contribution in [0.25, 0.3) is 61.6 Å². The number of aromatic nitrogens is 1. The lowest BCUT2D eigenvalue weighted by Crippen LogP contribution is -2.36. The molecule has 7 aromatic rings. The highest BCUT2D eigenvalue weighted by atomic mass is 19.4. The third-order valence-electron chi connectivity index (χ3n) is 10.0. The fourth-order valence-corrected chi connectivity index (χ4v) is 6.83. The summed E-state index contributed by atoms with van der Waals surface area (Å²) in [4.78, 5) is 0. The van der Waals surface area contributed by atoms with Gasteiger partial charge in [-0.15, -0.1) is 0 Å². The number of alkyl halides is 15. The number of halogens is 15. The minimum Gasteiger partial charge on any atom is -0.872 e. The van der Waals surface area contributed by atoms with Crippen LogP contribution in [0.15, 0.2) is 146 Å². The zero-order chi connectivity index (χ0) is 45.9. The summed E-state index contributed by atoms with van der Waals surface area (Å²) < 4.78 is 206. The molecule has 0 aliphatic heterocycles. The molecule has 0 aliphatic rings. The maximum Gasteiger partial charge on any atom is 0.416 e. The molecule has 0 bridgehead atoms. The number of hydrogen-bond donors (Lipinski definition) is 0. The van der Waals surface area contributed by atoms with Gasteiger partial charge in [0.1, 0.15) is 0 Å². The highest BCUT2D eigenvalue weighted by molar-refractivity contribution is 5.84. The zero-order valence-electron chi connectivity index (χ0n) is 31.4. The first-order valence-electron chi connectivity index (χ1n) is 18.1. The van der Waals surface area contributed by atoms with E-state index < -0.39 is 64.4 Å². The van der Waals surface area contributed by atoms with Gasteiger partial charge in [0.25, 0.3) is 0 Å². The average Bonchev–Trinajstić information content (AvgIpc) is 3.22. The van der Waals surface area contributed by atoms with E-state index in [0.29, 0.717) is 48.5 Å². The third kappa shape index (κ3) is 9.37. The first-order valence-corrected chi connectivity index (χ1v) is 18.1. The van der Waals surface area contributed by atoms with E-state index in [1.807, 2.05) is 0 Å². The second-order valence-electron chi connectivity index (χ2n) is 14.1. The predicted molar refractivity (Wildman–Crippen MR) is 200 cm³/mol. The summed E-state index contributed by atoms with van der Waals surface area (Å²) in [6.07, 6.45) is -24.0. The van der Waals surface area contributed by atoms with Crippen LogP contribution in [0.3, 0.4) is 0 Å². The van der Waals surface area contributed by atoms with Crippen LogP contribution in [0.1, 0.15) is 27.8 Å². The second kappa shape index (κ2) is 15.8. The Balaban J connectivity index is 1.59. The second-order valence-corrected chi connectivity index (χ2v) is 14.1. The molecule has 0 N–H and O–H groups in total. The van der Waals surface area contributed by atoms with Crippen LogP contribution in [-0.2, 0) is 30.9 Å². The molecule has 6 aromatic carbocycles. The summed E-state index contributed by atoms with van der Waals surface area (Å²) in [5, 5.41) is 14.3. The van der Waals surface area contributed by atoms with Crippen molar-refractivity contribution in [2.24, 2.45) is 0 Å². The average molecular weight is 892 g/mol. The van der Waals surface area contributed by atoms with Crippen molar-refractivity contribution in [2.75, 3.05) is 0 Å². The topological polar surface area (TPSA) is 26.9 Å². The molecule has 0 aliphatic carbocycles. The minimum atomic E-state index is -4.82. The molecular formula is C46H24F15NO. The lowest BCUT2D eigenvalue weighted by Gasteiger charge is -2.22. The highest BCUT2D eigenvalue weighted by Gasteiger charge is 2.35. The molecule has 324 valence electrons. The standard InChI is InChI=1S/C46H24F15NO/c47-42(48,49)31-11-1-25(2-12-31)30-21-39(28-7-17-34(18-8-28)45(56,57)58)62(40(22-30)29-9-19-35(20-10-29)46(59,60)61)36-23-37(26-3-13-32(14-4-26)43(50,51)52)41(63)38(24-36)27-5-15-33(16-6-27)44(53,54)55/h1-24H. The molecule has 0 atom stereocenters.